The summed E-state index contributed by atoms with van der Waals surface area (Å²) in [5.74, 6) is 0.523. The van der Waals surface area contributed by atoms with Crippen LogP contribution in [0.3, 0.4) is 0 Å². The Kier molecular flexibility index (Phi) is 5.43. The highest BCUT2D eigenvalue weighted by Gasteiger charge is 2.30. The molecule has 2 aliphatic heterocycles. The Morgan fingerprint density at radius 1 is 0.862 bits per heavy atom. The van der Waals surface area contributed by atoms with E-state index in [1.807, 2.05) is 10.7 Å². The number of likely N-dealkylation sites (tertiary alicyclic amines) is 1. The Morgan fingerprint density at radius 3 is 2.21 bits per heavy atom. The molecule has 3 aromatic rings. The van der Waals surface area contributed by atoms with E-state index in [9.17, 15) is 0 Å². The van der Waals surface area contributed by atoms with Crippen LogP contribution in [0.1, 0.15) is 18.4 Å². The van der Waals surface area contributed by atoms with Crippen LogP contribution in [-0.2, 0) is 16.0 Å². The zero-order valence-electron chi connectivity index (χ0n) is 16.6. The second-order valence-corrected chi connectivity index (χ2v) is 7.87. The third kappa shape index (κ3) is 4.13. The van der Waals surface area contributed by atoms with Crippen LogP contribution in [-0.4, -0.2) is 47.3 Å². The van der Waals surface area contributed by atoms with Crippen molar-refractivity contribution in [1.29, 1.82) is 0 Å². The normalized spacial score (nSPS) is 19.0. The molecule has 0 aliphatic carbocycles. The molecule has 0 saturated carbocycles. The van der Waals surface area contributed by atoms with Crippen molar-refractivity contribution >= 4 is 0 Å². The van der Waals surface area contributed by atoms with Crippen molar-refractivity contribution < 1.29 is 9.47 Å². The standard InChI is InChI=1S/C24H27N3O2/c1-3-7-19(8-4-1)23-21(18-27(25-23)22-9-5-2-6-10-22)17-26-13-11-20(12-14-26)24-28-15-16-29-24/h1-10,18,20,24H,11-17H2. The molecule has 0 amide bonds. The van der Waals surface area contributed by atoms with Crippen LogP contribution in [0.25, 0.3) is 16.9 Å². The van der Waals surface area contributed by atoms with Gasteiger partial charge in [0, 0.05) is 29.8 Å². The molecule has 0 spiro atoms. The highest BCUT2D eigenvalue weighted by molar-refractivity contribution is 5.63. The minimum Gasteiger partial charge on any atom is -0.350 e. The van der Waals surface area contributed by atoms with E-state index in [4.69, 9.17) is 14.6 Å². The van der Waals surface area contributed by atoms with Gasteiger partial charge < -0.3 is 9.47 Å². The first-order chi connectivity index (χ1) is 14.4. The van der Waals surface area contributed by atoms with Crippen LogP contribution in [0, 0.1) is 5.92 Å². The highest BCUT2D eigenvalue weighted by atomic mass is 16.7. The van der Waals surface area contributed by atoms with Gasteiger partial charge in [-0.05, 0) is 38.1 Å². The molecule has 150 valence electrons. The Balaban J connectivity index is 1.35. The minimum absolute atomic E-state index is 0.0119. The summed E-state index contributed by atoms with van der Waals surface area (Å²) in [4.78, 5) is 2.53. The number of nitrogens with zero attached hydrogens (tertiary/aromatic N) is 3. The highest BCUT2D eigenvalue weighted by Crippen LogP contribution is 2.29. The number of para-hydroxylation sites is 1. The van der Waals surface area contributed by atoms with Gasteiger partial charge in [-0.3, -0.25) is 4.90 Å². The number of benzene rings is 2. The van der Waals surface area contributed by atoms with Crippen molar-refractivity contribution in [1.82, 2.24) is 14.7 Å². The van der Waals surface area contributed by atoms with Crippen molar-refractivity contribution in [3.8, 4) is 16.9 Å². The molecular formula is C24H27N3O2. The first-order valence-electron chi connectivity index (χ1n) is 10.5. The Morgan fingerprint density at radius 2 is 1.52 bits per heavy atom. The molecule has 3 heterocycles. The summed E-state index contributed by atoms with van der Waals surface area (Å²) >= 11 is 0. The number of rotatable bonds is 5. The van der Waals surface area contributed by atoms with Gasteiger partial charge in [-0.25, -0.2) is 4.68 Å². The van der Waals surface area contributed by atoms with Gasteiger partial charge in [-0.15, -0.1) is 0 Å². The van der Waals surface area contributed by atoms with Gasteiger partial charge in [0.2, 0.25) is 0 Å². The summed E-state index contributed by atoms with van der Waals surface area (Å²) in [5, 5.41) is 4.94. The number of hydrogen-bond acceptors (Lipinski definition) is 4. The average Bonchev–Trinajstić information content (AvgIpc) is 3.46. The fourth-order valence-corrected chi connectivity index (χ4v) is 4.35. The molecule has 0 unspecified atom stereocenters. The van der Waals surface area contributed by atoms with Crippen molar-refractivity contribution in [2.24, 2.45) is 5.92 Å². The zero-order chi connectivity index (χ0) is 19.5. The fourth-order valence-electron chi connectivity index (χ4n) is 4.35. The molecule has 0 atom stereocenters. The lowest BCUT2D eigenvalue weighted by Crippen LogP contribution is -2.37. The lowest BCUT2D eigenvalue weighted by atomic mass is 9.95. The molecule has 5 heteroatoms. The number of ether oxygens (including phenoxy) is 2. The molecule has 2 aliphatic rings. The summed E-state index contributed by atoms with van der Waals surface area (Å²) in [6, 6.07) is 20.8. The topological polar surface area (TPSA) is 39.5 Å². The molecule has 29 heavy (non-hydrogen) atoms. The van der Waals surface area contributed by atoms with Gasteiger partial charge >= 0.3 is 0 Å². The summed E-state index contributed by atoms with van der Waals surface area (Å²) in [6.45, 7) is 4.53. The van der Waals surface area contributed by atoms with Crippen LogP contribution in [0.4, 0.5) is 0 Å². The van der Waals surface area contributed by atoms with E-state index >= 15 is 0 Å². The SMILES string of the molecule is c1ccc(-c2nn(-c3ccccc3)cc2CN2CCC(C3OCCO3)CC2)cc1. The molecule has 2 fully saturated rings. The third-order valence-electron chi connectivity index (χ3n) is 5.92. The van der Waals surface area contributed by atoms with Crippen molar-refractivity contribution in [2.45, 2.75) is 25.7 Å². The second kappa shape index (κ2) is 8.49. The van der Waals surface area contributed by atoms with E-state index in [-0.39, 0.29) is 6.29 Å². The van der Waals surface area contributed by atoms with Crippen LogP contribution < -0.4 is 0 Å². The van der Waals surface area contributed by atoms with E-state index < -0.39 is 0 Å². The van der Waals surface area contributed by atoms with Gasteiger partial charge in [-0.2, -0.15) is 5.10 Å². The maximum absolute atomic E-state index is 5.72. The Hall–Kier alpha value is -2.47. The van der Waals surface area contributed by atoms with Crippen molar-refractivity contribution in [2.75, 3.05) is 26.3 Å². The molecule has 0 radical (unpaired) electrons. The van der Waals surface area contributed by atoms with E-state index in [1.54, 1.807) is 0 Å². The number of aromatic nitrogens is 2. The second-order valence-electron chi connectivity index (χ2n) is 7.87. The average molecular weight is 389 g/mol. The number of hydrogen-bond donors (Lipinski definition) is 0. The third-order valence-corrected chi connectivity index (χ3v) is 5.92. The summed E-state index contributed by atoms with van der Waals surface area (Å²) in [6.07, 6.45) is 4.45. The lowest BCUT2D eigenvalue weighted by molar-refractivity contribution is -0.0977. The molecule has 0 N–H and O–H groups in total. The Labute approximate surface area is 171 Å². The van der Waals surface area contributed by atoms with Crippen LogP contribution in [0.2, 0.25) is 0 Å². The van der Waals surface area contributed by atoms with Crippen LogP contribution >= 0.6 is 0 Å². The van der Waals surface area contributed by atoms with E-state index in [1.165, 1.54) is 11.1 Å². The van der Waals surface area contributed by atoms with Crippen LogP contribution in [0.15, 0.2) is 66.9 Å². The summed E-state index contributed by atoms with van der Waals surface area (Å²) < 4.78 is 13.4. The van der Waals surface area contributed by atoms with Gasteiger partial charge in [0.1, 0.15) is 0 Å². The first kappa shape index (κ1) is 18.6. The monoisotopic (exact) mass is 389 g/mol. The van der Waals surface area contributed by atoms with Gasteiger partial charge in [0.05, 0.1) is 24.6 Å². The zero-order valence-corrected chi connectivity index (χ0v) is 16.6. The van der Waals surface area contributed by atoms with E-state index in [2.05, 4.69) is 65.7 Å². The van der Waals surface area contributed by atoms with Crippen LogP contribution in [0.5, 0.6) is 0 Å². The van der Waals surface area contributed by atoms with Crippen molar-refractivity contribution in [3.05, 3.63) is 72.4 Å². The maximum Gasteiger partial charge on any atom is 0.160 e. The predicted molar refractivity (Wildman–Crippen MR) is 113 cm³/mol. The van der Waals surface area contributed by atoms with Gasteiger partial charge in [0.15, 0.2) is 6.29 Å². The minimum atomic E-state index is 0.0119. The molecule has 2 aromatic carbocycles. The lowest BCUT2D eigenvalue weighted by Gasteiger charge is -2.33. The molecular weight excluding hydrogens is 362 g/mol. The Bertz CT molecular complexity index is 912. The molecule has 1 aromatic heterocycles. The number of piperidine rings is 1. The van der Waals surface area contributed by atoms with Crippen molar-refractivity contribution in [3.63, 3.8) is 0 Å². The quantitative estimate of drug-likeness (QED) is 0.658. The molecule has 0 bridgehead atoms. The van der Waals surface area contributed by atoms with E-state index in [0.29, 0.717) is 5.92 Å². The molecule has 5 rings (SSSR count). The largest absolute Gasteiger partial charge is 0.350 e. The fraction of sp³-hybridized carbons (Fsp3) is 0.375. The van der Waals surface area contributed by atoms with Gasteiger partial charge in [-0.1, -0.05) is 48.5 Å². The molecule has 5 nitrogen and oxygen atoms in total. The van der Waals surface area contributed by atoms with Gasteiger partial charge in [0.25, 0.3) is 0 Å². The predicted octanol–water partition coefficient (Wildman–Crippen LogP) is 4.12. The molecule has 2 saturated heterocycles. The smallest absolute Gasteiger partial charge is 0.160 e. The maximum atomic E-state index is 5.72. The first-order valence-corrected chi connectivity index (χ1v) is 10.5. The van der Waals surface area contributed by atoms with E-state index in [0.717, 1.165) is 57.1 Å². The summed E-state index contributed by atoms with van der Waals surface area (Å²) in [5.41, 5.74) is 4.59. The summed E-state index contributed by atoms with van der Waals surface area (Å²) in [7, 11) is 0.